The maximum Gasteiger partial charge on any atom is 0.417 e. The lowest BCUT2D eigenvalue weighted by molar-refractivity contribution is -0.137. The molecule has 0 radical (unpaired) electrons. The van der Waals surface area contributed by atoms with Crippen LogP contribution in [0.3, 0.4) is 0 Å². The molecule has 0 aliphatic heterocycles. The highest BCUT2D eigenvalue weighted by molar-refractivity contribution is 6.29. The summed E-state index contributed by atoms with van der Waals surface area (Å²) >= 11 is 5.77. The number of carbonyl (C=O) groups is 1. The predicted octanol–water partition coefficient (Wildman–Crippen LogP) is 4.21. The van der Waals surface area contributed by atoms with Gasteiger partial charge in [0.1, 0.15) is 5.15 Å². The molecule has 0 aliphatic carbocycles. The summed E-state index contributed by atoms with van der Waals surface area (Å²) in [6.07, 6.45) is -4.54. The summed E-state index contributed by atoms with van der Waals surface area (Å²) < 4.78 is 43.6. The smallest absolute Gasteiger partial charge is 0.417 e. The molecule has 0 saturated carbocycles. The van der Waals surface area contributed by atoms with Crippen molar-refractivity contribution < 1.29 is 22.7 Å². The summed E-state index contributed by atoms with van der Waals surface area (Å²) in [5, 5.41) is -0.0927. The molecule has 0 bridgehead atoms. The summed E-state index contributed by atoms with van der Waals surface area (Å²) in [5.41, 5.74) is -1.02. The van der Waals surface area contributed by atoms with Crippen molar-refractivity contribution in [2.45, 2.75) is 6.18 Å². The zero-order chi connectivity index (χ0) is 15.6. The minimum atomic E-state index is -4.54. The molecule has 1 aromatic carbocycles. The number of alkyl halides is 3. The molecule has 2 rings (SSSR count). The second-order valence-electron chi connectivity index (χ2n) is 4.10. The largest absolute Gasteiger partial charge is 0.465 e. The van der Waals surface area contributed by atoms with Crippen molar-refractivity contribution in [3.05, 3.63) is 52.7 Å². The molecule has 3 nitrogen and oxygen atoms in total. The quantitative estimate of drug-likeness (QED) is 0.615. The average molecular weight is 316 g/mol. The standard InChI is InChI=1S/C14H9ClF3NO2/c1-21-13(20)8-6-11(19-12(15)7-8)9-4-2-3-5-10(9)14(16,17)18/h2-7H,1H3. The van der Waals surface area contributed by atoms with Crippen molar-refractivity contribution >= 4 is 17.6 Å². The average Bonchev–Trinajstić information content (AvgIpc) is 2.45. The van der Waals surface area contributed by atoms with Gasteiger partial charge in [0, 0.05) is 5.56 Å². The highest BCUT2D eigenvalue weighted by Crippen LogP contribution is 2.36. The molecule has 0 N–H and O–H groups in total. The molecule has 1 aromatic heterocycles. The Morgan fingerprint density at radius 2 is 1.90 bits per heavy atom. The van der Waals surface area contributed by atoms with Crippen LogP contribution < -0.4 is 0 Å². The third-order valence-electron chi connectivity index (χ3n) is 2.72. The second kappa shape index (κ2) is 5.73. The van der Waals surface area contributed by atoms with Gasteiger partial charge in [0.15, 0.2) is 0 Å². The van der Waals surface area contributed by atoms with Crippen LogP contribution in [0.15, 0.2) is 36.4 Å². The normalized spacial score (nSPS) is 11.3. The van der Waals surface area contributed by atoms with Crippen molar-refractivity contribution in [1.82, 2.24) is 4.98 Å². The van der Waals surface area contributed by atoms with Gasteiger partial charge in [-0.1, -0.05) is 29.8 Å². The molecule has 0 aliphatic rings. The summed E-state index contributed by atoms with van der Waals surface area (Å²) in [7, 11) is 1.17. The first-order chi connectivity index (χ1) is 9.82. The molecule has 0 unspecified atom stereocenters. The van der Waals surface area contributed by atoms with Crippen LogP contribution in [0.25, 0.3) is 11.3 Å². The minimum absolute atomic E-state index is 0.0319. The third-order valence-corrected chi connectivity index (χ3v) is 2.92. The first-order valence-corrected chi connectivity index (χ1v) is 6.13. The van der Waals surface area contributed by atoms with E-state index in [2.05, 4.69) is 9.72 Å². The summed E-state index contributed by atoms with van der Waals surface area (Å²) in [5.74, 6) is -0.704. The van der Waals surface area contributed by atoms with Crippen LogP contribution in [0.4, 0.5) is 13.2 Å². The van der Waals surface area contributed by atoms with E-state index in [1.807, 2.05) is 0 Å². The highest BCUT2D eigenvalue weighted by atomic mass is 35.5. The number of methoxy groups -OCH3 is 1. The van der Waals surface area contributed by atoms with Crippen LogP contribution in [-0.2, 0) is 10.9 Å². The second-order valence-corrected chi connectivity index (χ2v) is 4.49. The van der Waals surface area contributed by atoms with Gasteiger partial charge in [-0.05, 0) is 18.2 Å². The molecule has 7 heteroatoms. The fraction of sp³-hybridized carbons (Fsp3) is 0.143. The van der Waals surface area contributed by atoms with Crippen LogP contribution in [0.5, 0.6) is 0 Å². The van der Waals surface area contributed by atoms with Crippen LogP contribution in [-0.4, -0.2) is 18.1 Å². The van der Waals surface area contributed by atoms with E-state index in [4.69, 9.17) is 11.6 Å². The molecule has 0 saturated heterocycles. The Kier molecular flexibility index (Phi) is 4.18. The van der Waals surface area contributed by atoms with Gasteiger partial charge in [0.05, 0.1) is 23.9 Å². The molecule has 1 heterocycles. The Labute approximate surface area is 123 Å². The summed E-state index contributed by atoms with van der Waals surface area (Å²) in [4.78, 5) is 15.4. The van der Waals surface area contributed by atoms with E-state index >= 15 is 0 Å². The number of pyridine rings is 1. The van der Waals surface area contributed by atoms with E-state index in [1.165, 1.54) is 37.4 Å². The van der Waals surface area contributed by atoms with Gasteiger partial charge in [-0.3, -0.25) is 0 Å². The van der Waals surface area contributed by atoms with Crippen LogP contribution >= 0.6 is 11.6 Å². The van der Waals surface area contributed by atoms with Gasteiger partial charge in [0.25, 0.3) is 0 Å². The lowest BCUT2D eigenvalue weighted by atomic mass is 10.0. The predicted molar refractivity (Wildman–Crippen MR) is 71.0 cm³/mol. The number of nitrogens with zero attached hydrogens (tertiary/aromatic N) is 1. The maximum absolute atomic E-state index is 13.0. The van der Waals surface area contributed by atoms with Crippen LogP contribution in [0, 0.1) is 0 Å². The molecule has 0 amide bonds. The first-order valence-electron chi connectivity index (χ1n) is 5.75. The number of benzene rings is 1. The number of halogens is 4. The molecule has 2 aromatic rings. The molecule has 110 valence electrons. The number of hydrogen-bond donors (Lipinski definition) is 0. The topological polar surface area (TPSA) is 39.2 Å². The molecule has 21 heavy (non-hydrogen) atoms. The zero-order valence-electron chi connectivity index (χ0n) is 10.7. The van der Waals surface area contributed by atoms with E-state index in [0.29, 0.717) is 0 Å². The minimum Gasteiger partial charge on any atom is -0.465 e. The Hall–Kier alpha value is -2.08. The fourth-order valence-electron chi connectivity index (χ4n) is 1.82. The molecule has 0 atom stereocenters. The number of ether oxygens (including phenoxy) is 1. The van der Waals surface area contributed by atoms with E-state index in [0.717, 1.165) is 6.07 Å². The summed E-state index contributed by atoms with van der Waals surface area (Å²) in [6.45, 7) is 0. The lowest BCUT2D eigenvalue weighted by Gasteiger charge is -2.13. The van der Waals surface area contributed by atoms with Gasteiger partial charge in [-0.15, -0.1) is 0 Å². The summed E-state index contributed by atoms with van der Waals surface area (Å²) in [6, 6.07) is 7.37. The Bertz CT molecular complexity index is 686. The van der Waals surface area contributed by atoms with Crippen molar-refractivity contribution in [3.8, 4) is 11.3 Å². The number of rotatable bonds is 2. The third kappa shape index (κ3) is 3.33. The number of aromatic nitrogens is 1. The Morgan fingerprint density at radius 1 is 1.24 bits per heavy atom. The van der Waals surface area contributed by atoms with Crippen molar-refractivity contribution in [2.24, 2.45) is 0 Å². The fourth-order valence-corrected chi connectivity index (χ4v) is 2.03. The molecular formula is C14H9ClF3NO2. The van der Waals surface area contributed by atoms with E-state index in [1.54, 1.807) is 0 Å². The van der Waals surface area contributed by atoms with Crippen molar-refractivity contribution in [1.29, 1.82) is 0 Å². The Balaban J connectivity index is 2.63. The number of carbonyl (C=O) groups excluding carboxylic acids is 1. The molecular weight excluding hydrogens is 307 g/mol. The van der Waals surface area contributed by atoms with Crippen LogP contribution in [0.2, 0.25) is 5.15 Å². The lowest BCUT2D eigenvalue weighted by Crippen LogP contribution is -2.08. The van der Waals surface area contributed by atoms with E-state index < -0.39 is 17.7 Å². The first kappa shape index (κ1) is 15.3. The van der Waals surface area contributed by atoms with Crippen LogP contribution in [0.1, 0.15) is 15.9 Å². The molecule has 0 spiro atoms. The SMILES string of the molecule is COC(=O)c1cc(Cl)nc(-c2ccccc2C(F)(F)F)c1. The Morgan fingerprint density at radius 3 is 2.52 bits per heavy atom. The number of esters is 1. The van der Waals surface area contributed by atoms with Gasteiger partial charge in [-0.25, -0.2) is 9.78 Å². The van der Waals surface area contributed by atoms with Gasteiger partial charge in [0.2, 0.25) is 0 Å². The van der Waals surface area contributed by atoms with Gasteiger partial charge >= 0.3 is 12.1 Å². The van der Waals surface area contributed by atoms with E-state index in [-0.39, 0.29) is 22.0 Å². The number of hydrogen-bond acceptors (Lipinski definition) is 3. The molecule has 0 fully saturated rings. The van der Waals surface area contributed by atoms with Crippen molar-refractivity contribution in [3.63, 3.8) is 0 Å². The van der Waals surface area contributed by atoms with E-state index in [9.17, 15) is 18.0 Å². The van der Waals surface area contributed by atoms with Gasteiger partial charge < -0.3 is 4.74 Å². The highest BCUT2D eigenvalue weighted by Gasteiger charge is 2.33. The van der Waals surface area contributed by atoms with Gasteiger partial charge in [-0.2, -0.15) is 13.2 Å². The maximum atomic E-state index is 13.0. The zero-order valence-corrected chi connectivity index (χ0v) is 11.5. The van der Waals surface area contributed by atoms with Crippen molar-refractivity contribution in [2.75, 3.05) is 7.11 Å². The monoisotopic (exact) mass is 315 g/mol.